The molecular weight excluding hydrogens is 510 g/mol. The van der Waals surface area contributed by atoms with Crippen LogP contribution < -0.4 is 4.74 Å². The molecule has 5 heteroatoms. The van der Waals surface area contributed by atoms with Crippen molar-refractivity contribution in [1.82, 2.24) is 0 Å². The predicted molar refractivity (Wildman–Crippen MR) is 114 cm³/mol. The summed E-state index contributed by atoms with van der Waals surface area (Å²) in [5.74, 6) is 0.828. The van der Waals surface area contributed by atoms with Crippen molar-refractivity contribution in [2.45, 2.75) is 6.61 Å². The van der Waals surface area contributed by atoms with Crippen LogP contribution in [0.3, 0.4) is 0 Å². The standard InChI is InChI=1S/C20H14Br3NO/c21-16-2-1-3-18(10-16)24-12-14-4-8-19(9-5-14)25-13-15-6-7-17(22)11-20(15)23/h1-12H,13H2. The number of ether oxygens (including phenoxy) is 1. The Morgan fingerprint density at radius 1 is 0.840 bits per heavy atom. The van der Waals surface area contributed by atoms with Crippen molar-refractivity contribution in [1.29, 1.82) is 0 Å². The first-order valence-corrected chi connectivity index (χ1v) is 9.94. The van der Waals surface area contributed by atoms with Crippen molar-refractivity contribution < 1.29 is 4.74 Å². The molecule has 0 amide bonds. The van der Waals surface area contributed by atoms with Gasteiger partial charge in [-0.05, 0) is 60.2 Å². The lowest BCUT2D eigenvalue weighted by Crippen LogP contribution is -1.96. The molecule has 3 aromatic carbocycles. The molecule has 0 heterocycles. The first-order chi connectivity index (χ1) is 12.1. The topological polar surface area (TPSA) is 21.6 Å². The number of hydrogen-bond donors (Lipinski definition) is 0. The fraction of sp³-hybridized carbons (Fsp3) is 0.0500. The normalized spacial score (nSPS) is 11.0. The van der Waals surface area contributed by atoms with Crippen LogP contribution in [0.15, 0.2) is 85.1 Å². The molecule has 0 aliphatic heterocycles. The molecule has 126 valence electrons. The molecule has 0 aliphatic carbocycles. The van der Waals surface area contributed by atoms with Crippen LogP contribution in [0, 0.1) is 0 Å². The highest BCUT2D eigenvalue weighted by Gasteiger charge is 2.02. The number of nitrogens with zero attached hydrogens (tertiary/aromatic N) is 1. The molecule has 3 rings (SSSR count). The summed E-state index contributed by atoms with van der Waals surface area (Å²) in [7, 11) is 0. The van der Waals surface area contributed by atoms with Crippen LogP contribution in [-0.4, -0.2) is 6.21 Å². The number of rotatable bonds is 5. The van der Waals surface area contributed by atoms with E-state index in [1.165, 1.54) is 0 Å². The van der Waals surface area contributed by atoms with Gasteiger partial charge in [-0.25, -0.2) is 0 Å². The van der Waals surface area contributed by atoms with Gasteiger partial charge in [0, 0.05) is 25.2 Å². The Labute approximate surface area is 172 Å². The quantitative estimate of drug-likeness (QED) is 0.321. The zero-order valence-electron chi connectivity index (χ0n) is 13.1. The van der Waals surface area contributed by atoms with E-state index in [2.05, 4.69) is 52.8 Å². The van der Waals surface area contributed by atoms with Crippen LogP contribution in [0.5, 0.6) is 5.75 Å². The summed E-state index contributed by atoms with van der Waals surface area (Å²) >= 11 is 10.4. The van der Waals surface area contributed by atoms with Gasteiger partial charge in [0.05, 0.1) is 5.69 Å². The zero-order chi connectivity index (χ0) is 17.6. The second kappa shape index (κ2) is 8.79. The third-order valence-electron chi connectivity index (χ3n) is 3.46. The lowest BCUT2D eigenvalue weighted by Gasteiger charge is -2.08. The fourth-order valence-electron chi connectivity index (χ4n) is 2.16. The summed E-state index contributed by atoms with van der Waals surface area (Å²) < 4.78 is 8.94. The smallest absolute Gasteiger partial charge is 0.119 e. The molecule has 0 N–H and O–H groups in total. The maximum absolute atomic E-state index is 5.85. The summed E-state index contributed by atoms with van der Waals surface area (Å²) in [5, 5.41) is 0. The van der Waals surface area contributed by atoms with E-state index in [0.717, 1.165) is 36.0 Å². The number of halogens is 3. The Balaban J connectivity index is 1.62. The van der Waals surface area contributed by atoms with Gasteiger partial charge in [-0.15, -0.1) is 0 Å². The summed E-state index contributed by atoms with van der Waals surface area (Å²) in [4.78, 5) is 4.47. The summed E-state index contributed by atoms with van der Waals surface area (Å²) in [5.41, 5.74) is 3.04. The Hall–Kier alpha value is -1.43. The summed E-state index contributed by atoms with van der Waals surface area (Å²) in [6, 6.07) is 21.8. The van der Waals surface area contributed by atoms with Gasteiger partial charge in [0.15, 0.2) is 0 Å². The molecule has 0 aromatic heterocycles. The lowest BCUT2D eigenvalue weighted by atomic mass is 10.2. The van der Waals surface area contributed by atoms with Gasteiger partial charge in [-0.2, -0.15) is 0 Å². The molecule has 25 heavy (non-hydrogen) atoms. The van der Waals surface area contributed by atoms with Crippen LogP contribution in [-0.2, 0) is 6.61 Å². The molecular formula is C20H14Br3NO. The van der Waals surface area contributed by atoms with E-state index in [9.17, 15) is 0 Å². The molecule has 0 aliphatic rings. The first kappa shape index (κ1) is 18.4. The van der Waals surface area contributed by atoms with E-state index < -0.39 is 0 Å². The molecule has 0 unspecified atom stereocenters. The van der Waals surface area contributed by atoms with Crippen LogP contribution in [0.2, 0.25) is 0 Å². The lowest BCUT2D eigenvalue weighted by molar-refractivity contribution is 0.305. The number of aliphatic imine (C=N–C) groups is 1. The van der Waals surface area contributed by atoms with Crippen molar-refractivity contribution in [2.24, 2.45) is 4.99 Å². The third-order valence-corrected chi connectivity index (χ3v) is 5.19. The highest BCUT2D eigenvalue weighted by molar-refractivity contribution is 9.11. The minimum absolute atomic E-state index is 0.513. The van der Waals surface area contributed by atoms with Crippen molar-refractivity contribution in [3.8, 4) is 5.75 Å². The van der Waals surface area contributed by atoms with Gasteiger partial charge in [-0.3, -0.25) is 4.99 Å². The summed E-state index contributed by atoms with van der Waals surface area (Å²) in [6.07, 6.45) is 1.84. The second-order valence-electron chi connectivity index (χ2n) is 5.33. The zero-order valence-corrected chi connectivity index (χ0v) is 17.9. The average Bonchev–Trinajstić information content (AvgIpc) is 2.60. The molecule has 0 saturated carbocycles. The molecule has 2 nitrogen and oxygen atoms in total. The van der Waals surface area contributed by atoms with Gasteiger partial charge < -0.3 is 4.74 Å². The molecule has 0 bridgehead atoms. The minimum Gasteiger partial charge on any atom is -0.489 e. The van der Waals surface area contributed by atoms with Gasteiger partial charge in [0.1, 0.15) is 12.4 Å². The molecule has 0 atom stereocenters. The average molecular weight is 524 g/mol. The Morgan fingerprint density at radius 2 is 1.60 bits per heavy atom. The van der Waals surface area contributed by atoms with Gasteiger partial charge in [0.25, 0.3) is 0 Å². The molecule has 0 spiro atoms. The monoisotopic (exact) mass is 521 g/mol. The number of benzene rings is 3. The minimum atomic E-state index is 0.513. The van der Waals surface area contributed by atoms with Crippen LogP contribution in [0.25, 0.3) is 0 Å². The van der Waals surface area contributed by atoms with Gasteiger partial charge in [-0.1, -0.05) is 59.9 Å². The fourth-order valence-corrected chi connectivity index (χ4v) is 3.70. The Morgan fingerprint density at radius 3 is 2.32 bits per heavy atom. The van der Waals surface area contributed by atoms with Crippen LogP contribution in [0.4, 0.5) is 5.69 Å². The first-order valence-electron chi connectivity index (χ1n) is 7.56. The van der Waals surface area contributed by atoms with Crippen molar-refractivity contribution >= 4 is 59.7 Å². The van der Waals surface area contributed by atoms with Crippen molar-refractivity contribution in [2.75, 3.05) is 0 Å². The summed E-state index contributed by atoms with van der Waals surface area (Å²) in [6.45, 7) is 0.513. The van der Waals surface area contributed by atoms with Crippen LogP contribution >= 0.6 is 47.8 Å². The third kappa shape index (κ3) is 5.53. The highest BCUT2D eigenvalue weighted by Crippen LogP contribution is 2.24. The van der Waals surface area contributed by atoms with E-state index in [1.54, 1.807) is 0 Å². The molecule has 0 fully saturated rings. The van der Waals surface area contributed by atoms with Gasteiger partial charge in [0.2, 0.25) is 0 Å². The number of hydrogen-bond acceptors (Lipinski definition) is 2. The van der Waals surface area contributed by atoms with E-state index in [4.69, 9.17) is 4.74 Å². The van der Waals surface area contributed by atoms with Gasteiger partial charge >= 0.3 is 0 Å². The van der Waals surface area contributed by atoms with Crippen molar-refractivity contribution in [3.63, 3.8) is 0 Å². The Kier molecular flexibility index (Phi) is 6.45. The molecule has 3 aromatic rings. The highest BCUT2D eigenvalue weighted by atomic mass is 79.9. The maximum Gasteiger partial charge on any atom is 0.119 e. The molecule has 0 radical (unpaired) electrons. The SMILES string of the molecule is Brc1cccc(N=Cc2ccc(OCc3ccc(Br)cc3Br)cc2)c1. The second-order valence-corrected chi connectivity index (χ2v) is 8.02. The predicted octanol–water partition coefficient (Wildman–Crippen LogP) is 7.30. The van der Waals surface area contributed by atoms with Crippen molar-refractivity contribution in [3.05, 3.63) is 91.3 Å². The Bertz CT molecular complexity index is 892. The van der Waals surface area contributed by atoms with E-state index in [-0.39, 0.29) is 0 Å². The molecule has 0 saturated heterocycles. The largest absolute Gasteiger partial charge is 0.489 e. The van der Waals surface area contributed by atoms with E-state index in [0.29, 0.717) is 6.61 Å². The van der Waals surface area contributed by atoms with Crippen LogP contribution in [0.1, 0.15) is 11.1 Å². The van der Waals surface area contributed by atoms with E-state index >= 15 is 0 Å². The maximum atomic E-state index is 5.85. The van der Waals surface area contributed by atoms with E-state index in [1.807, 2.05) is 72.9 Å².